The number of anilines is 1. The molecule has 1 aromatic heterocycles. The van der Waals surface area contributed by atoms with Crippen molar-refractivity contribution in [2.24, 2.45) is 0 Å². The van der Waals surface area contributed by atoms with E-state index in [9.17, 15) is 14.7 Å². The van der Waals surface area contributed by atoms with Crippen LogP contribution in [0.15, 0.2) is 79.1 Å². The quantitative estimate of drug-likeness (QED) is 0.477. The molecule has 6 heteroatoms. The number of benzene rings is 3. The summed E-state index contributed by atoms with van der Waals surface area (Å²) in [6.45, 7) is 0.181. The molecule has 5 rings (SSSR count). The monoisotopic (exact) mass is 410 g/mol. The Morgan fingerprint density at radius 3 is 2.32 bits per heavy atom. The second kappa shape index (κ2) is 7.57. The number of carbonyl (C=O) groups excluding carboxylic acids is 1. The lowest BCUT2D eigenvalue weighted by atomic mass is 9.98. The molecule has 0 saturated heterocycles. The molecule has 0 bridgehead atoms. The summed E-state index contributed by atoms with van der Waals surface area (Å²) < 4.78 is 5.54. The predicted octanol–water partition coefficient (Wildman–Crippen LogP) is 5.29. The molecule has 3 aromatic carbocycles. The number of amides is 1. The van der Waals surface area contributed by atoms with Crippen molar-refractivity contribution in [3.63, 3.8) is 0 Å². The third-order valence-corrected chi connectivity index (χ3v) is 5.57. The lowest BCUT2D eigenvalue weighted by Crippen LogP contribution is -2.18. The molecule has 1 aliphatic carbocycles. The van der Waals surface area contributed by atoms with Crippen LogP contribution in [-0.2, 0) is 4.74 Å². The number of fused-ring (bicyclic) bond motifs is 4. The molecular weight excluding hydrogens is 392 g/mol. The molecule has 0 atom stereocenters. The van der Waals surface area contributed by atoms with E-state index in [-0.39, 0.29) is 18.1 Å². The predicted molar refractivity (Wildman–Crippen MR) is 117 cm³/mol. The maximum absolute atomic E-state index is 12.5. The van der Waals surface area contributed by atoms with Crippen molar-refractivity contribution in [3.8, 4) is 11.1 Å². The van der Waals surface area contributed by atoms with Crippen LogP contribution in [0.5, 0.6) is 0 Å². The van der Waals surface area contributed by atoms with E-state index < -0.39 is 12.1 Å². The average Bonchev–Trinajstić information content (AvgIpc) is 3.11. The molecule has 152 valence electrons. The van der Waals surface area contributed by atoms with Gasteiger partial charge in [0, 0.05) is 29.4 Å². The van der Waals surface area contributed by atoms with Gasteiger partial charge in [-0.1, -0.05) is 48.5 Å². The standard InChI is InChI=1S/C25H18N2O4/c28-24(29)22-12-16(11-15-13-26-10-9-17(15)22)27-25(30)31-14-23-20-7-3-1-5-18(20)19-6-2-4-8-21(19)23/h1-13,23H,14H2,(H,27,30)(H,28,29). The highest BCUT2D eigenvalue weighted by Crippen LogP contribution is 2.44. The Balaban J connectivity index is 1.36. The first-order chi connectivity index (χ1) is 15.1. The van der Waals surface area contributed by atoms with E-state index >= 15 is 0 Å². The van der Waals surface area contributed by atoms with Crippen LogP contribution in [0.1, 0.15) is 27.4 Å². The van der Waals surface area contributed by atoms with Gasteiger partial charge in [0.15, 0.2) is 0 Å². The van der Waals surface area contributed by atoms with E-state index in [0.717, 1.165) is 22.3 Å². The van der Waals surface area contributed by atoms with Crippen molar-refractivity contribution in [2.75, 3.05) is 11.9 Å². The number of aromatic nitrogens is 1. The molecular formula is C25H18N2O4. The smallest absolute Gasteiger partial charge is 0.411 e. The van der Waals surface area contributed by atoms with Crippen molar-refractivity contribution in [2.45, 2.75) is 5.92 Å². The van der Waals surface area contributed by atoms with Crippen molar-refractivity contribution in [1.82, 2.24) is 4.98 Å². The maximum atomic E-state index is 12.5. The van der Waals surface area contributed by atoms with E-state index in [1.807, 2.05) is 24.3 Å². The fourth-order valence-corrected chi connectivity index (χ4v) is 4.21. The molecule has 0 aliphatic heterocycles. The van der Waals surface area contributed by atoms with Crippen LogP contribution in [0.4, 0.5) is 10.5 Å². The third kappa shape index (κ3) is 3.38. The summed E-state index contributed by atoms with van der Waals surface area (Å²) in [6.07, 6.45) is 2.46. The van der Waals surface area contributed by atoms with Crippen molar-refractivity contribution >= 4 is 28.5 Å². The summed E-state index contributed by atoms with van der Waals surface area (Å²) in [7, 11) is 0. The molecule has 0 unspecified atom stereocenters. The minimum atomic E-state index is -1.08. The molecule has 1 aliphatic rings. The van der Waals surface area contributed by atoms with Crippen LogP contribution in [0.3, 0.4) is 0 Å². The van der Waals surface area contributed by atoms with E-state index in [2.05, 4.69) is 34.6 Å². The Kier molecular flexibility index (Phi) is 4.59. The number of pyridine rings is 1. The van der Waals surface area contributed by atoms with Crippen LogP contribution in [0, 0.1) is 0 Å². The van der Waals surface area contributed by atoms with Gasteiger partial charge in [-0.3, -0.25) is 10.3 Å². The number of nitrogens with zero attached hydrogens (tertiary/aromatic N) is 1. The van der Waals surface area contributed by atoms with Gasteiger partial charge in [-0.05, 0) is 45.8 Å². The maximum Gasteiger partial charge on any atom is 0.411 e. The van der Waals surface area contributed by atoms with Gasteiger partial charge < -0.3 is 9.84 Å². The summed E-state index contributed by atoms with van der Waals surface area (Å²) in [5.74, 6) is -1.12. The lowest BCUT2D eigenvalue weighted by molar-refractivity contribution is 0.0699. The highest BCUT2D eigenvalue weighted by atomic mass is 16.5. The number of nitrogens with one attached hydrogen (secondary N) is 1. The summed E-state index contributed by atoms with van der Waals surface area (Å²) in [5, 5.41) is 13.3. The molecule has 1 amide bonds. The highest BCUT2D eigenvalue weighted by molar-refractivity contribution is 6.06. The van der Waals surface area contributed by atoms with Gasteiger partial charge in [0.05, 0.1) is 5.56 Å². The Hall–Kier alpha value is -4.19. The Labute approximate surface area is 178 Å². The van der Waals surface area contributed by atoms with Gasteiger partial charge in [-0.25, -0.2) is 9.59 Å². The number of hydrogen-bond donors (Lipinski definition) is 2. The molecule has 4 aromatic rings. The molecule has 2 N–H and O–H groups in total. The van der Waals surface area contributed by atoms with Gasteiger partial charge in [0.25, 0.3) is 0 Å². The number of carboxylic acid groups (broad SMARTS) is 1. The van der Waals surface area contributed by atoms with Crippen LogP contribution in [-0.4, -0.2) is 28.8 Å². The number of carbonyl (C=O) groups is 2. The second-order valence-corrected chi connectivity index (χ2v) is 7.38. The molecule has 6 nitrogen and oxygen atoms in total. The van der Waals surface area contributed by atoms with Crippen LogP contribution in [0.25, 0.3) is 21.9 Å². The number of ether oxygens (including phenoxy) is 1. The first-order valence-corrected chi connectivity index (χ1v) is 9.85. The van der Waals surface area contributed by atoms with E-state index in [1.54, 1.807) is 18.3 Å². The lowest BCUT2D eigenvalue weighted by Gasteiger charge is -2.15. The molecule has 31 heavy (non-hydrogen) atoms. The topological polar surface area (TPSA) is 88.5 Å². The number of aromatic carboxylic acids is 1. The normalized spacial score (nSPS) is 12.3. The van der Waals surface area contributed by atoms with Crippen LogP contribution in [0.2, 0.25) is 0 Å². The molecule has 0 radical (unpaired) electrons. The Bertz CT molecular complexity index is 1290. The van der Waals surface area contributed by atoms with Gasteiger partial charge in [0.2, 0.25) is 0 Å². The van der Waals surface area contributed by atoms with Crippen LogP contribution < -0.4 is 5.32 Å². The van der Waals surface area contributed by atoms with Crippen molar-refractivity contribution in [1.29, 1.82) is 0 Å². The van der Waals surface area contributed by atoms with Crippen molar-refractivity contribution < 1.29 is 19.4 Å². The molecule has 0 saturated carbocycles. The Morgan fingerprint density at radius 1 is 0.968 bits per heavy atom. The minimum Gasteiger partial charge on any atom is -0.478 e. The highest BCUT2D eigenvalue weighted by Gasteiger charge is 2.29. The van der Waals surface area contributed by atoms with Gasteiger partial charge >= 0.3 is 12.1 Å². The van der Waals surface area contributed by atoms with Crippen LogP contribution >= 0.6 is 0 Å². The summed E-state index contributed by atoms with van der Waals surface area (Å²) >= 11 is 0. The molecule has 0 spiro atoms. The van der Waals surface area contributed by atoms with E-state index in [1.165, 1.54) is 12.3 Å². The van der Waals surface area contributed by atoms with E-state index in [0.29, 0.717) is 16.5 Å². The summed E-state index contributed by atoms with van der Waals surface area (Å²) in [4.78, 5) is 28.2. The zero-order valence-corrected chi connectivity index (χ0v) is 16.4. The summed E-state index contributed by atoms with van der Waals surface area (Å²) in [6, 6.07) is 20.9. The Morgan fingerprint density at radius 2 is 1.65 bits per heavy atom. The zero-order chi connectivity index (χ0) is 21.4. The van der Waals surface area contributed by atoms with Gasteiger partial charge in [-0.2, -0.15) is 0 Å². The second-order valence-electron chi connectivity index (χ2n) is 7.38. The number of hydrogen-bond acceptors (Lipinski definition) is 4. The molecule has 0 fully saturated rings. The first kappa shape index (κ1) is 18.8. The summed E-state index contributed by atoms with van der Waals surface area (Å²) in [5.41, 5.74) is 4.99. The SMILES string of the molecule is O=C(Nc1cc(C(=O)O)c2ccncc2c1)OCC1c2ccccc2-c2ccccc21. The zero-order valence-electron chi connectivity index (χ0n) is 16.4. The molecule has 1 heterocycles. The number of carboxylic acids is 1. The van der Waals surface area contributed by atoms with Gasteiger partial charge in [-0.15, -0.1) is 0 Å². The first-order valence-electron chi connectivity index (χ1n) is 9.85. The largest absolute Gasteiger partial charge is 0.478 e. The van der Waals surface area contributed by atoms with E-state index in [4.69, 9.17) is 4.74 Å². The minimum absolute atomic E-state index is 0.0477. The average molecular weight is 410 g/mol. The fraction of sp³-hybridized carbons (Fsp3) is 0.0800. The van der Waals surface area contributed by atoms with Gasteiger partial charge in [0.1, 0.15) is 6.61 Å². The van der Waals surface area contributed by atoms with Crippen molar-refractivity contribution in [3.05, 3.63) is 95.8 Å². The fourth-order valence-electron chi connectivity index (χ4n) is 4.21. The third-order valence-electron chi connectivity index (χ3n) is 5.57. The number of rotatable bonds is 4.